The Balaban J connectivity index is 2.03. The van der Waals surface area contributed by atoms with Crippen LogP contribution in [-0.2, 0) is 19.0 Å². The van der Waals surface area contributed by atoms with Crippen molar-refractivity contribution in [2.45, 2.75) is 63.9 Å². The van der Waals surface area contributed by atoms with Gasteiger partial charge in [0.1, 0.15) is 11.1 Å². The van der Waals surface area contributed by atoms with Crippen LogP contribution in [-0.4, -0.2) is 42.0 Å². The number of esters is 1. The summed E-state index contributed by atoms with van der Waals surface area (Å²) in [6.07, 6.45) is 0.423. The van der Waals surface area contributed by atoms with Gasteiger partial charge >= 0.3 is 12.1 Å². The summed E-state index contributed by atoms with van der Waals surface area (Å²) in [5, 5.41) is 2.68. The number of rotatable bonds is 3. The van der Waals surface area contributed by atoms with Gasteiger partial charge in [-0.1, -0.05) is 0 Å². The van der Waals surface area contributed by atoms with Gasteiger partial charge in [0.25, 0.3) is 0 Å². The van der Waals surface area contributed by atoms with Gasteiger partial charge in [-0.3, -0.25) is 0 Å². The second-order valence-electron chi connectivity index (χ2n) is 6.05. The summed E-state index contributed by atoms with van der Waals surface area (Å²) in [6.45, 7) is 7.36. The van der Waals surface area contributed by atoms with Gasteiger partial charge in [0.2, 0.25) is 0 Å². The number of hydrogen-bond donors (Lipinski definition) is 1. The molecule has 0 spiro atoms. The number of ether oxygens (including phenoxy) is 3. The average Bonchev–Trinajstić information content (AvgIpc) is 2.84. The van der Waals surface area contributed by atoms with Crippen molar-refractivity contribution in [2.24, 2.45) is 0 Å². The van der Waals surface area contributed by atoms with E-state index in [-0.39, 0.29) is 18.8 Å². The fourth-order valence-corrected chi connectivity index (χ4v) is 2.40. The number of epoxide rings is 1. The molecule has 6 heteroatoms. The van der Waals surface area contributed by atoms with Gasteiger partial charge in [0.05, 0.1) is 18.8 Å². The van der Waals surface area contributed by atoms with Crippen LogP contribution in [0.4, 0.5) is 4.79 Å². The molecule has 0 aromatic rings. The highest BCUT2D eigenvalue weighted by molar-refractivity contribution is 5.86. The van der Waals surface area contributed by atoms with Crippen molar-refractivity contribution in [3.8, 4) is 0 Å². The maximum absolute atomic E-state index is 12.1. The topological polar surface area (TPSA) is 77.2 Å². The van der Waals surface area contributed by atoms with Gasteiger partial charge < -0.3 is 19.5 Å². The van der Waals surface area contributed by atoms with E-state index in [4.69, 9.17) is 14.2 Å². The molecule has 0 aromatic carbocycles. The Bertz CT molecular complexity index is 377. The number of carbonyl (C=O) groups is 2. The van der Waals surface area contributed by atoms with Crippen LogP contribution in [0.15, 0.2) is 0 Å². The molecule has 3 atom stereocenters. The van der Waals surface area contributed by atoms with Crippen LogP contribution in [0.3, 0.4) is 0 Å². The van der Waals surface area contributed by atoms with Gasteiger partial charge in [0, 0.05) is 12.8 Å². The highest BCUT2D eigenvalue weighted by Gasteiger charge is 2.61. The van der Waals surface area contributed by atoms with E-state index in [1.54, 1.807) is 27.7 Å². The van der Waals surface area contributed by atoms with E-state index in [0.29, 0.717) is 12.8 Å². The maximum Gasteiger partial charge on any atom is 0.408 e. The number of nitrogens with one attached hydrogen (secondary N) is 1. The van der Waals surface area contributed by atoms with E-state index in [1.165, 1.54) is 0 Å². The zero-order chi connectivity index (χ0) is 14.3. The van der Waals surface area contributed by atoms with Crippen LogP contribution in [0.5, 0.6) is 0 Å². The molecule has 2 fully saturated rings. The SMILES string of the molecule is CCOC(=O)[C@@]1(NC(=O)OC(C)(C)C)C[C@@H]2O[C@@H]2C1. The molecular formula is C13H21NO5. The first-order valence-electron chi connectivity index (χ1n) is 6.59. The summed E-state index contributed by atoms with van der Waals surface area (Å²) in [5.74, 6) is -0.406. The normalized spacial score (nSPS) is 32.4. The van der Waals surface area contributed by atoms with Crippen molar-refractivity contribution in [3.05, 3.63) is 0 Å². The molecule has 0 bridgehead atoms. The first-order chi connectivity index (χ1) is 8.76. The van der Waals surface area contributed by atoms with Crippen LogP contribution in [0.25, 0.3) is 0 Å². The fraction of sp³-hybridized carbons (Fsp3) is 0.846. The van der Waals surface area contributed by atoms with Crippen molar-refractivity contribution >= 4 is 12.1 Å². The molecular weight excluding hydrogens is 250 g/mol. The van der Waals surface area contributed by atoms with E-state index in [2.05, 4.69) is 5.32 Å². The Morgan fingerprint density at radius 1 is 1.32 bits per heavy atom. The lowest BCUT2D eigenvalue weighted by atomic mass is 9.97. The van der Waals surface area contributed by atoms with Crippen molar-refractivity contribution in [3.63, 3.8) is 0 Å². The average molecular weight is 271 g/mol. The molecule has 6 nitrogen and oxygen atoms in total. The van der Waals surface area contributed by atoms with Gasteiger partial charge in [-0.2, -0.15) is 0 Å². The molecule has 1 amide bonds. The van der Waals surface area contributed by atoms with Crippen LogP contribution in [0.2, 0.25) is 0 Å². The number of alkyl carbamates (subject to hydrolysis) is 1. The van der Waals surface area contributed by atoms with Crippen molar-refractivity contribution in [1.82, 2.24) is 5.32 Å². The van der Waals surface area contributed by atoms with Gasteiger partial charge in [0.15, 0.2) is 0 Å². The summed E-state index contributed by atoms with van der Waals surface area (Å²) >= 11 is 0. The van der Waals surface area contributed by atoms with Crippen LogP contribution in [0.1, 0.15) is 40.5 Å². The number of hydrogen-bond acceptors (Lipinski definition) is 5. The summed E-state index contributed by atoms with van der Waals surface area (Å²) in [7, 11) is 0. The number of carbonyl (C=O) groups excluding carboxylic acids is 2. The summed E-state index contributed by atoms with van der Waals surface area (Å²) in [4.78, 5) is 24.0. The van der Waals surface area contributed by atoms with E-state index in [1.807, 2.05) is 0 Å². The number of fused-ring (bicyclic) bond motifs is 1. The van der Waals surface area contributed by atoms with Gasteiger partial charge in [-0.25, -0.2) is 9.59 Å². The first kappa shape index (κ1) is 14.1. The molecule has 1 aliphatic carbocycles. The molecule has 1 saturated heterocycles. The Hall–Kier alpha value is -1.30. The van der Waals surface area contributed by atoms with E-state index in [9.17, 15) is 9.59 Å². The lowest BCUT2D eigenvalue weighted by molar-refractivity contribution is -0.152. The first-order valence-corrected chi connectivity index (χ1v) is 6.59. The summed E-state index contributed by atoms with van der Waals surface area (Å²) < 4.78 is 15.6. The number of amides is 1. The van der Waals surface area contributed by atoms with Crippen LogP contribution >= 0.6 is 0 Å². The predicted molar refractivity (Wildman–Crippen MR) is 66.6 cm³/mol. The standard InChI is InChI=1S/C13H21NO5/c1-5-17-10(15)13(6-8-9(7-13)18-8)14-11(16)19-12(2,3)4/h8-9H,5-7H2,1-4H3,(H,14,16)/t8-,9+,13+. The zero-order valence-corrected chi connectivity index (χ0v) is 11.8. The molecule has 1 N–H and O–H groups in total. The molecule has 0 unspecified atom stereocenters. The Labute approximate surface area is 112 Å². The third kappa shape index (κ3) is 3.18. The van der Waals surface area contributed by atoms with E-state index in [0.717, 1.165) is 0 Å². The largest absolute Gasteiger partial charge is 0.464 e. The third-order valence-corrected chi connectivity index (χ3v) is 3.19. The molecule has 2 aliphatic rings. The molecule has 19 heavy (non-hydrogen) atoms. The quantitative estimate of drug-likeness (QED) is 0.619. The predicted octanol–water partition coefficient (Wildman–Crippen LogP) is 1.37. The smallest absolute Gasteiger partial charge is 0.408 e. The summed E-state index contributed by atoms with van der Waals surface area (Å²) in [5.41, 5.74) is -1.59. The minimum atomic E-state index is -0.994. The Kier molecular flexibility index (Phi) is 3.47. The van der Waals surface area contributed by atoms with E-state index >= 15 is 0 Å². The lowest BCUT2D eigenvalue weighted by Crippen LogP contribution is -2.55. The highest BCUT2D eigenvalue weighted by Crippen LogP contribution is 2.45. The monoisotopic (exact) mass is 271 g/mol. The van der Waals surface area contributed by atoms with Gasteiger partial charge in [-0.15, -0.1) is 0 Å². The minimum absolute atomic E-state index is 0.0549. The Morgan fingerprint density at radius 2 is 1.89 bits per heavy atom. The van der Waals surface area contributed by atoms with Gasteiger partial charge in [-0.05, 0) is 27.7 Å². The molecule has 1 saturated carbocycles. The maximum atomic E-state index is 12.1. The highest BCUT2D eigenvalue weighted by atomic mass is 16.6. The van der Waals surface area contributed by atoms with Crippen LogP contribution < -0.4 is 5.32 Å². The minimum Gasteiger partial charge on any atom is -0.464 e. The second kappa shape index (κ2) is 4.67. The molecule has 0 aromatic heterocycles. The molecule has 1 aliphatic heterocycles. The van der Waals surface area contributed by atoms with E-state index < -0.39 is 23.2 Å². The van der Waals surface area contributed by atoms with Crippen molar-refractivity contribution in [2.75, 3.05) is 6.61 Å². The molecule has 2 rings (SSSR count). The van der Waals surface area contributed by atoms with Crippen molar-refractivity contribution in [1.29, 1.82) is 0 Å². The second-order valence-corrected chi connectivity index (χ2v) is 6.05. The molecule has 108 valence electrons. The molecule has 0 radical (unpaired) electrons. The van der Waals surface area contributed by atoms with Crippen LogP contribution in [0, 0.1) is 0 Å². The zero-order valence-electron chi connectivity index (χ0n) is 11.8. The van der Waals surface area contributed by atoms with Crippen molar-refractivity contribution < 1.29 is 23.8 Å². The third-order valence-electron chi connectivity index (χ3n) is 3.19. The molecule has 1 heterocycles. The summed E-state index contributed by atoms with van der Waals surface area (Å²) in [6, 6.07) is 0. The Morgan fingerprint density at radius 3 is 2.37 bits per heavy atom. The fourth-order valence-electron chi connectivity index (χ4n) is 2.40. The lowest BCUT2D eigenvalue weighted by Gasteiger charge is -2.30.